The van der Waals surface area contributed by atoms with Gasteiger partial charge in [0.1, 0.15) is 11.6 Å². The van der Waals surface area contributed by atoms with Crippen LogP contribution in [0.25, 0.3) is 0 Å². The van der Waals surface area contributed by atoms with Gasteiger partial charge < -0.3 is 5.73 Å². The van der Waals surface area contributed by atoms with Crippen molar-refractivity contribution in [3.05, 3.63) is 35.4 Å². The first-order valence-corrected chi connectivity index (χ1v) is 7.84. The Kier molecular flexibility index (Phi) is 4.17. The molecule has 1 unspecified atom stereocenters. The van der Waals surface area contributed by atoms with E-state index in [2.05, 4.69) is 0 Å². The molecule has 106 valence electrons. The Hall–Kier alpha value is -1.05. The Bertz CT molecular complexity index is 549. The Balaban J connectivity index is 2.23. The minimum absolute atomic E-state index is 0.0282. The highest BCUT2D eigenvalue weighted by atomic mass is 32.2. The fourth-order valence-corrected chi connectivity index (χ4v) is 3.51. The van der Waals surface area contributed by atoms with Crippen LogP contribution in [-0.4, -0.2) is 44.5 Å². The number of nitrogens with zero attached hydrogens (tertiary/aromatic N) is 1. The second kappa shape index (κ2) is 5.52. The SMILES string of the molecule is NCC(c1cc(F)ccc1F)N1CCS(=O)(=O)CC1. The highest BCUT2D eigenvalue weighted by molar-refractivity contribution is 7.91. The van der Waals surface area contributed by atoms with Gasteiger partial charge in [-0.15, -0.1) is 0 Å². The van der Waals surface area contributed by atoms with E-state index in [0.717, 1.165) is 18.2 Å². The molecule has 1 fully saturated rings. The topological polar surface area (TPSA) is 63.4 Å². The van der Waals surface area contributed by atoms with Crippen molar-refractivity contribution in [2.24, 2.45) is 5.73 Å². The smallest absolute Gasteiger partial charge is 0.152 e. The van der Waals surface area contributed by atoms with E-state index in [9.17, 15) is 17.2 Å². The first-order chi connectivity index (χ1) is 8.93. The Morgan fingerprint density at radius 3 is 2.47 bits per heavy atom. The average molecular weight is 290 g/mol. The van der Waals surface area contributed by atoms with Crippen molar-refractivity contribution < 1.29 is 17.2 Å². The van der Waals surface area contributed by atoms with Crippen LogP contribution in [0.5, 0.6) is 0 Å². The van der Waals surface area contributed by atoms with Crippen LogP contribution in [0.3, 0.4) is 0 Å². The molecule has 0 aliphatic carbocycles. The second-order valence-electron chi connectivity index (χ2n) is 4.61. The van der Waals surface area contributed by atoms with E-state index >= 15 is 0 Å². The van der Waals surface area contributed by atoms with Crippen molar-refractivity contribution in [2.75, 3.05) is 31.1 Å². The monoisotopic (exact) mass is 290 g/mol. The Morgan fingerprint density at radius 1 is 1.26 bits per heavy atom. The van der Waals surface area contributed by atoms with E-state index in [1.165, 1.54) is 0 Å². The van der Waals surface area contributed by atoms with E-state index < -0.39 is 27.5 Å². The lowest BCUT2D eigenvalue weighted by Crippen LogP contribution is -2.44. The van der Waals surface area contributed by atoms with Gasteiger partial charge >= 0.3 is 0 Å². The molecule has 7 heteroatoms. The van der Waals surface area contributed by atoms with Gasteiger partial charge in [-0.2, -0.15) is 0 Å². The number of benzene rings is 1. The maximum Gasteiger partial charge on any atom is 0.152 e. The van der Waals surface area contributed by atoms with Crippen molar-refractivity contribution in [3.8, 4) is 0 Å². The molecule has 2 rings (SSSR count). The number of sulfone groups is 1. The minimum Gasteiger partial charge on any atom is -0.329 e. The van der Waals surface area contributed by atoms with Crippen LogP contribution < -0.4 is 5.73 Å². The molecule has 2 N–H and O–H groups in total. The van der Waals surface area contributed by atoms with Crippen LogP contribution in [0.15, 0.2) is 18.2 Å². The molecule has 1 saturated heterocycles. The second-order valence-corrected chi connectivity index (χ2v) is 6.91. The standard InChI is InChI=1S/C12H16F2N2O2S/c13-9-1-2-11(14)10(7-9)12(8-15)16-3-5-19(17,18)6-4-16/h1-2,7,12H,3-6,8,15H2. The van der Waals surface area contributed by atoms with Gasteiger partial charge in [0.2, 0.25) is 0 Å². The summed E-state index contributed by atoms with van der Waals surface area (Å²) in [7, 11) is -3.01. The largest absolute Gasteiger partial charge is 0.329 e. The van der Waals surface area contributed by atoms with Crippen LogP contribution in [0.1, 0.15) is 11.6 Å². The summed E-state index contributed by atoms with van der Waals surface area (Å²) in [4.78, 5) is 1.79. The normalized spacial score (nSPS) is 21.2. The zero-order valence-electron chi connectivity index (χ0n) is 10.4. The average Bonchev–Trinajstić information content (AvgIpc) is 2.36. The maximum absolute atomic E-state index is 13.7. The van der Waals surface area contributed by atoms with Crippen LogP contribution in [0, 0.1) is 11.6 Å². The molecule has 0 saturated carbocycles. The number of hydrogen-bond donors (Lipinski definition) is 1. The summed E-state index contributed by atoms with van der Waals surface area (Å²) < 4.78 is 49.7. The fraction of sp³-hybridized carbons (Fsp3) is 0.500. The van der Waals surface area contributed by atoms with Crippen molar-refractivity contribution in [2.45, 2.75) is 6.04 Å². The van der Waals surface area contributed by atoms with Gasteiger partial charge in [0.05, 0.1) is 17.5 Å². The lowest BCUT2D eigenvalue weighted by molar-refractivity contribution is 0.214. The first-order valence-electron chi connectivity index (χ1n) is 6.02. The molecule has 1 aliphatic rings. The predicted molar refractivity (Wildman–Crippen MR) is 68.4 cm³/mol. The molecule has 0 radical (unpaired) electrons. The van der Waals surface area contributed by atoms with Crippen molar-refractivity contribution in [1.82, 2.24) is 4.90 Å². The van der Waals surface area contributed by atoms with Crippen LogP contribution in [-0.2, 0) is 9.84 Å². The van der Waals surface area contributed by atoms with E-state index in [1.54, 1.807) is 4.90 Å². The third kappa shape index (κ3) is 3.29. The van der Waals surface area contributed by atoms with Crippen LogP contribution in [0.2, 0.25) is 0 Å². The molecule has 1 aliphatic heterocycles. The molecule has 1 aromatic rings. The molecule has 1 heterocycles. The van der Waals surface area contributed by atoms with Gasteiger partial charge in [-0.25, -0.2) is 17.2 Å². The summed E-state index contributed by atoms with van der Waals surface area (Å²) in [6.45, 7) is 0.695. The molecule has 1 aromatic carbocycles. The summed E-state index contributed by atoms with van der Waals surface area (Å²) in [6, 6.07) is 2.74. The van der Waals surface area contributed by atoms with Crippen LogP contribution >= 0.6 is 0 Å². The van der Waals surface area contributed by atoms with Crippen molar-refractivity contribution in [3.63, 3.8) is 0 Å². The summed E-state index contributed by atoms with van der Waals surface area (Å²) >= 11 is 0. The van der Waals surface area contributed by atoms with E-state index in [1.807, 2.05) is 0 Å². The molecular formula is C12H16F2N2O2S. The Morgan fingerprint density at radius 2 is 1.89 bits per heavy atom. The van der Waals surface area contributed by atoms with Gasteiger partial charge in [-0.1, -0.05) is 0 Å². The zero-order valence-corrected chi connectivity index (χ0v) is 11.2. The van der Waals surface area contributed by atoms with Gasteiger partial charge in [-0.3, -0.25) is 4.90 Å². The zero-order chi connectivity index (χ0) is 14.0. The summed E-state index contributed by atoms with van der Waals surface area (Å²) in [5.41, 5.74) is 5.82. The molecule has 0 bridgehead atoms. The lowest BCUT2D eigenvalue weighted by atomic mass is 10.0. The number of nitrogens with two attached hydrogens (primary N) is 1. The van der Waals surface area contributed by atoms with Gasteiger partial charge in [0.25, 0.3) is 0 Å². The maximum atomic E-state index is 13.7. The minimum atomic E-state index is -3.01. The van der Waals surface area contributed by atoms with Crippen LogP contribution in [0.4, 0.5) is 8.78 Å². The number of rotatable bonds is 3. The van der Waals surface area contributed by atoms with E-state index in [0.29, 0.717) is 13.1 Å². The van der Waals surface area contributed by atoms with Gasteiger partial charge in [0.15, 0.2) is 9.84 Å². The molecule has 4 nitrogen and oxygen atoms in total. The Labute approximate surface area is 111 Å². The third-order valence-corrected chi connectivity index (χ3v) is 4.97. The van der Waals surface area contributed by atoms with Gasteiger partial charge in [-0.05, 0) is 18.2 Å². The lowest BCUT2D eigenvalue weighted by Gasteiger charge is -2.34. The number of halogens is 2. The number of hydrogen-bond acceptors (Lipinski definition) is 4. The summed E-state index contributed by atoms with van der Waals surface area (Å²) in [6.07, 6.45) is 0. The molecule has 0 aromatic heterocycles. The quantitative estimate of drug-likeness (QED) is 0.890. The summed E-state index contributed by atoms with van der Waals surface area (Å²) in [5.74, 6) is -0.995. The molecule has 0 spiro atoms. The molecule has 1 atom stereocenters. The fourth-order valence-electron chi connectivity index (χ4n) is 2.28. The van der Waals surface area contributed by atoms with Crippen molar-refractivity contribution in [1.29, 1.82) is 0 Å². The molecular weight excluding hydrogens is 274 g/mol. The third-order valence-electron chi connectivity index (χ3n) is 3.36. The highest BCUT2D eigenvalue weighted by Crippen LogP contribution is 2.25. The van der Waals surface area contributed by atoms with Crippen molar-refractivity contribution >= 4 is 9.84 Å². The van der Waals surface area contributed by atoms with Gasteiger partial charge in [0, 0.05) is 25.2 Å². The first kappa shape index (κ1) is 14.4. The molecule has 0 amide bonds. The highest BCUT2D eigenvalue weighted by Gasteiger charge is 2.28. The summed E-state index contributed by atoms with van der Waals surface area (Å²) in [5, 5.41) is 0. The predicted octanol–water partition coefficient (Wildman–Crippen LogP) is 0.695. The van der Waals surface area contributed by atoms with E-state index in [-0.39, 0.29) is 23.6 Å². The van der Waals surface area contributed by atoms with E-state index in [4.69, 9.17) is 5.73 Å². The molecule has 19 heavy (non-hydrogen) atoms.